The van der Waals surface area contributed by atoms with Crippen LogP contribution in [-0.2, 0) is 25.1 Å². The Bertz CT molecular complexity index is 2310. The molecule has 0 saturated carbocycles. The molecule has 16 nitrogen and oxygen atoms in total. The third-order valence-corrected chi connectivity index (χ3v) is 9.19. The third-order valence-electron chi connectivity index (χ3n) is 9.19. The van der Waals surface area contributed by atoms with Crippen LogP contribution in [0.25, 0.3) is 11.1 Å². The molecule has 0 saturated heterocycles. The molecule has 0 unspecified atom stereocenters. The van der Waals surface area contributed by atoms with Crippen molar-refractivity contribution in [2.24, 2.45) is 9.98 Å². The topological polar surface area (TPSA) is 190 Å². The molecule has 2 aromatic rings. The first-order valence-electron chi connectivity index (χ1n) is 21.4. The highest BCUT2D eigenvalue weighted by Crippen LogP contribution is 2.36. The molecule has 2 aliphatic rings. The Morgan fingerprint density at radius 3 is 1.45 bits per heavy atom. The fourth-order valence-corrected chi connectivity index (χ4v) is 6.59. The highest BCUT2D eigenvalue weighted by Gasteiger charge is 2.36. The van der Waals surface area contributed by atoms with E-state index < -0.39 is 70.0 Å². The van der Waals surface area contributed by atoms with Gasteiger partial charge in [-0.15, -0.1) is 9.98 Å². The van der Waals surface area contributed by atoms with Crippen LogP contribution in [0.3, 0.4) is 0 Å². The van der Waals surface area contributed by atoms with E-state index in [1.807, 2.05) is 13.0 Å². The molecule has 0 aliphatic carbocycles. The molecule has 19 heteroatoms. The smallest absolute Gasteiger partial charge is 0.437 e. The van der Waals surface area contributed by atoms with E-state index >= 15 is 0 Å². The molecule has 0 atom stereocenters. The van der Waals surface area contributed by atoms with Gasteiger partial charge in [-0.25, -0.2) is 19.2 Å². The number of hydrogen-bond donors (Lipinski definition) is 3. The van der Waals surface area contributed by atoms with Crippen molar-refractivity contribution < 1.29 is 56.1 Å². The number of halogens is 3. The lowest BCUT2D eigenvalue weighted by Crippen LogP contribution is -2.48. The average molecular weight is 926 g/mol. The maximum atomic E-state index is 14.6. The number of alkyl carbamates (subject to hydrolysis) is 2. The lowest BCUT2D eigenvalue weighted by atomic mass is 9.94. The van der Waals surface area contributed by atoms with Crippen LogP contribution < -0.4 is 16.0 Å². The van der Waals surface area contributed by atoms with E-state index in [1.165, 1.54) is 6.07 Å². The van der Waals surface area contributed by atoms with Crippen molar-refractivity contribution in [3.8, 4) is 0 Å². The number of carbonyl (C=O) groups is 5. The summed E-state index contributed by atoms with van der Waals surface area (Å²) in [4.78, 5) is 75.3. The highest BCUT2D eigenvalue weighted by molar-refractivity contribution is 6.06. The number of carbonyl (C=O) groups excluding carboxylic acids is 5. The zero-order valence-corrected chi connectivity index (χ0v) is 40.0. The first kappa shape index (κ1) is 52.2. The Morgan fingerprint density at radius 1 is 0.606 bits per heavy atom. The number of alkyl halides is 3. The normalized spacial score (nSPS) is 15.5. The molecule has 0 fully saturated rings. The molecule has 3 N–H and O–H groups in total. The molecule has 2 heterocycles. The molecule has 2 aromatic carbocycles. The number of hydrogen-bond acceptors (Lipinski definition) is 9. The summed E-state index contributed by atoms with van der Waals surface area (Å²) in [6.45, 7) is 22.8. The molecule has 2 aliphatic heterocycles. The number of ether oxygens (including phenoxy) is 4. The van der Waals surface area contributed by atoms with Gasteiger partial charge >= 0.3 is 30.5 Å². The van der Waals surface area contributed by atoms with E-state index in [-0.39, 0.29) is 49.2 Å². The summed E-state index contributed by atoms with van der Waals surface area (Å²) in [6, 6.07) is 8.55. The summed E-state index contributed by atoms with van der Waals surface area (Å²) in [7, 11) is 0. The first-order valence-corrected chi connectivity index (χ1v) is 21.4. The van der Waals surface area contributed by atoms with E-state index in [1.54, 1.807) is 117 Å². The number of nitrogens with zero attached hydrogens (tertiary/aromatic N) is 4. The largest absolute Gasteiger partial charge is 0.444 e. The van der Waals surface area contributed by atoms with E-state index in [2.05, 4.69) is 25.9 Å². The van der Waals surface area contributed by atoms with Crippen molar-refractivity contribution in [1.29, 1.82) is 0 Å². The molecule has 360 valence electrons. The van der Waals surface area contributed by atoms with Crippen LogP contribution in [0.1, 0.15) is 129 Å². The van der Waals surface area contributed by atoms with Crippen molar-refractivity contribution in [1.82, 2.24) is 20.4 Å². The van der Waals surface area contributed by atoms with Gasteiger partial charge in [0.05, 0.1) is 11.1 Å². The van der Waals surface area contributed by atoms with Crippen LogP contribution in [0.4, 0.5) is 38.0 Å². The van der Waals surface area contributed by atoms with E-state index in [9.17, 15) is 37.1 Å². The summed E-state index contributed by atoms with van der Waals surface area (Å²) in [5.41, 5.74) is -1.45. The summed E-state index contributed by atoms with van der Waals surface area (Å²) < 4.78 is 65.2. The summed E-state index contributed by atoms with van der Waals surface area (Å²) in [5.74, 6) is -1.14. The van der Waals surface area contributed by atoms with Crippen LogP contribution in [0.2, 0.25) is 0 Å². The number of benzene rings is 2. The molecule has 0 aromatic heterocycles. The van der Waals surface area contributed by atoms with Gasteiger partial charge in [-0.05, 0) is 155 Å². The molecule has 4 rings (SSSR count). The quantitative estimate of drug-likeness (QED) is 0.150. The van der Waals surface area contributed by atoms with Gasteiger partial charge in [-0.2, -0.15) is 13.2 Å². The van der Waals surface area contributed by atoms with Crippen LogP contribution in [0.15, 0.2) is 58.5 Å². The van der Waals surface area contributed by atoms with E-state index in [0.29, 0.717) is 18.5 Å². The number of amides is 5. The second-order valence-corrected chi connectivity index (χ2v) is 19.7. The average Bonchev–Trinajstić information content (AvgIpc) is 3.14. The number of aliphatic imine (C=N–C) groups is 2. The number of rotatable bonds is 4. The van der Waals surface area contributed by atoms with Crippen molar-refractivity contribution in [2.45, 2.75) is 131 Å². The zero-order chi connectivity index (χ0) is 49.6. The van der Waals surface area contributed by atoms with Gasteiger partial charge in [-0.1, -0.05) is 24.3 Å². The molecular formula is C47H62F3N7O9. The molecule has 0 spiro atoms. The van der Waals surface area contributed by atoms with Crippen LogP contribution in [0.5, 0.6) is 0 Å². The van der Waals surface area contributed by atoms with Gasteiger partial charge in [0.2, 0.25) is 11.9 Å². The SMILES string of the molecule is Cc1cc(NC(=O)c2ccc(C3=CCN(C(=NC(=O)OC(C)(C)C)NC(=O)OC(C)(C)C)CC3)cc2C(F)(F)F)ccc1C1=CCN(C(=NC(=O)OC(C)(C)C)NC(=O)OC(C)(C)C)CC1. The first-order chi connectivity index (χ1) is 30.2. The van der Waals surface area contributed by atoms with Crippen molar-refractivity contribution >= 4 is 59.0 Å². The van der Waals surface area contributed by atoms with Gasteiger partial charge in [0.25, 0.3) is 5.91 Å². The number of anilines is 1. The van der Waals surface area contributed by atoms with Gasteiger partial charge in [-0.3, -0.25) is 15.4 Å². The minimum atomic E-state index is -4.88. The van der Waals surface area contributed by atoms with Crippen LogP contribution >= 0.6 is 0 Å². The highest BCUT2D eigenvalue weighted by atomic mass is 19.4. The fourth-order valence-electron chi connectivity index (χ4n) is 6.59. The monoisotopic (exact) mass is 925 g/mol. The third kappa shape index (κ3) is 16.5. The second-order valence-electron chi connectivity index (χ2n) is 19.7. The van der Waals surface area contributed by atoms with Gasteiger partial charge in [0, 0.05) is 31.9 Å². The van der Waals surface area contributed by atoms with Crippen LogP contribution in [-0.4, -0.2) is 101 Å². The lowest BCUT2D eigenvalue weighted by Gasteiger charge is -2.30. The predicted molar refractivity (Wildman–Crippen MR) is 245 cm³/mol. The summed E-state index contributed by atoms with van der Waals surface area (Å²) >= 11 is 0. The minimum Gasteiger partial charge on any atom is -0.444 e. The van der Waals surface area contributed by atoms with Crippen molar-refractivity contribution in [2.75, 3.05) is 31.5 Å². The van der Waals surface area contributed by atoms with Gasteiger partial charge in [0.15, 0.2) is 0 Å². The molecular weight excluding hydrogens is 864 g/mol. The molecule has 5 amide bonds. The Kier molecular flexibility index (Phi) is 16.2. The number of aryl methyl sites for hydroxylation is 1. The summed E-state index contributed by atoms with van der Waals surface area (Å²) in [6.07, 6.45) is -4.15. The standard InChI is InChI=1S/C47H62F3N7O9/c1-28-26-32(15-17-33(28)30-20-24-57(25-21-30)38(54-41(61)65-45(8,9)10)55-42(62)66-46(11,12)13)51-36(58)34-16-14-31(27-35(34)47(48,49)50)29-18-22-56(23-19-29)37(52-39(59)63-43(2,3)4)53-40(60)64-44(5,6)7/h14-18,20,26-27H,19,21-25H2,1-13H3,(H,51,58)(H,52,53,59,60)(H,54,55,61,62). The number of guanidine groups is 2. The zero-order valence-electron chi connectivity index (χ0n) is 40.0. The molecule has 66 heavy (non-hydrogen) atoms. The van der Waals surface area contributed by atoms with Crippen molar-refractivity contribution in [3.05, 3.63) is 76.4 Å². The summed E-state index contributed by atoms with van der Waals surface area (Å²) in [5, 5.41) is 7.66. The lowest BCUT2D eigenvalue weighted by molar-refractivity contribution is -0.137. The Labute approximate surface area is 384 Å². The maximum absolute atomic E-state index is 14.6. The van der Waals surface area contributed by atoms with E-state index in [0.717, 1.165) is 28.8 Å². The molecule has 0 bridgehead atoms. The Balaban J connectivity index is 1.51. The molecule has 0 radical (unpaired) electrons. The maximum Gasteiger partial charge on any atom is 0.437 e. The van der Waals surface area contributed by atoms with E-state index in [4.69, 9.17) is 18.9 Å². The van der Waals surface area contributed by atoms with Crippen LogP contribution in [0, 0.1) is 6.92 Å². The van der Waals surface area contributed by atoms with Crippen molar-refractivity contribution in [3.63, 3.8) is 0 Å². The van der Waals surface area contributed by atoms with Gasteiger partial charge < -0.3 is 34.1 Å². The Hall–Kier alpha value is -6.40. The Morgan fingerprint density at radius 2 is 1.06 bits per heavy atom. The fraction of sp³-hybridized carbons (Fsp3) is 0.511. The number of nitrogens with one attached hydrogen (secondary N) is 3. The second kappa shape index (κ2) is 20.4. The minimum absolute atomic E-state index is 0.0395. The predicted octanol–water partition coefficient (Wildman–Crippen LogP) is 10.1. The van der Waals surface area contributed by atoms with Gasteiger partial charge in [0.1, 0.15) is 22.4 Å².